The smallest absolute Gasteiger partial charge is 0.276 e. The molecule has 1 fully saturated rings. The summed E-state index contributed by atoms with van der Waals surface area (Å²) in [6.45, 7) is 0.214. The van der Waals surface area contributed by atoms with Gasteiger partial charge < -0.3 is 14.8 Å². The van der Waals surface area contributed by atoms with Crippen LogP contribution < -0.4 is 14.8 Å². The van der Waals surface area contributed by atoms with Gasteiger partial charge in [0, 0.05) is 11.5 Å². The third-order valence-electron chi connectivity index (χ3n) is 2.87. The Balaban J connectivity index is 2.00. The van der Waals surface area contributed by atoms with Crippen LogP contribution in [-0.2, 0) is 4.79 Å². The van der Waals surface area contributed by atoms with Crippen LogP contribution in [0.4, 0.5) is 0 Å². The van der Waals surface area contributed by atoms with Gasteiger partial charge >= 0.3 is 0 Å². The van der Waals surface area contributed by atoms with Crippen molar-refractivity contribution in [1.29, 1.82) is 0 Å². The molecule has 0 radical (unpaired) electrons. The molecule has 2 aliphatic heterocycles. The molecule has 1 saturated heterocycles. The van der Waals surface area contributed by atoms with Crippen LogP contribution >= 0.6 is 28.1 Å². The number of benzene rings is 1. The quantitative estimate of drug-likeness (QED) is 0.624. The number of nitrogens with one attached hydrogen (secondary N) is 1. The minimum absolute atomic E-state index is 0.158. The molecule has 1 N–H and O–H groups in total. The lowest BCUT2D eigenvalue weighted by atomic mass is 10.1. The number of rotatable bonds is 1. The number of likely N-dealkylation sites (N-methyl/N-ethyl adjacent to an activating group) is 1. The molecule has 0 aliphatic carbocycles. The van der Waals surface area contributed by atoms with E-state index in [9.17, 15) is 4.79 Å². The van der Waals surface area contributed by atoms with Crippen molar-refractivity contribution >= 4 is 45.2 Å². The van der Waals surface area contributed by atoms with Gasteiger partial charge in [-0.05, 0) is 36.0 Å². The van der Waals surface area contributed by atoms with Gasteiger partial charge in [0.05, 0.1) is 0 Å². The van der Waals surface area contributed by atoms with E-state index in [-0.39, 0.29) is 12.7 Å². The van der Waals surface area contributed by atoms with E-state index in [0.29, 0.717) is 22.3 Å². The Hall–Kier alpha value is -1.60. The number of carbonyl (C=O) groups excluding carboxylic acids is 1. The maximum atomic E-state index is 11.9. The monoisotopic (exact) mass is 340 g/mol. The average molecular weight is 341 g/mol. The fourth-order valence-electron chi connectivity index (χ4n) is 1.82. The second kappa shape index (κ2) is 4.50. The van der Waals surface area contributed by atoms with Crippen LogP contribution in [0.3, 0.4) is 0 Å². The molecule has 0 aromatic heterocycles. The van der Waals surface area contributed by atoms with E-state index < -0.39 is 0 Å². The van der Waals surface area contributed by atoms with Crippen LogP contribution in [0.2, 0.25) is 0 Å². The largest absolute Gasteiger partial charge is 0.454 e. The molecule has 0 bridgehead atoms. The van der Waals surface area contributed by atoms with Gasteiger partial charge in [0.2, 0.25) is 6.79 Å². The topological polar surface area (TPSA) is 50.8 Å². The van der Waals surface area contributed by atoms with Gasteiger partial charge in [0.1, 0.15) is 5.70 Å². The van der Waals surface area contributed by atoms with Crippen molar-refractivity contribution in [2.24, 2.45) is 0 Å². The molecule has 19 heavy (non-hydrogen) atoms. The van der Waals surface area contributed by atoms with E-state index in [4.69, 9.17) is 21.7 Å². The van der Waals surface area contributed by atoms with Crippen molar-refractivity contribution in [2.45, 2.75) is 0 Å². The summed E-state index contributed by atoms with van der Waals surface area (Å²) in [7, 11) is 1.63. The zero-order valence-electron chi connectivity index (χ0n) is 9.90. The Labute approximate surface area is 123 Å². The first kappa shape index (κ1) is 12.4. The van der Waals surface area contributed by atoms with Gasteiger partial charge in [-0.1, -0.05) is 15.9 Å². The van der Waals surface area contributed by atoms with Crippen LogP contribution in [0.1, 0.15) is 5.56 Å². The summed E-state index contributed by atoms with van der Waals surface area (Å²) in [6, 6.07) is 3.63. The molecule has 1 aromatic rings. The van der Waals surface area contributed by atoms with Crippen LogP contribution in [0, 0.1) is 0 Å². The number of hydrogen-bond donors (Lipinski definition) is 1. The molecule has 3 rings (SSSR count). The van der Waals surface area contributed by atoms with E-state index in [2.05, 4.69) is 21.2 Å². The van der Waals surface area contributed by atoms with Crippen LogP contribution in [-0.4, -0.2) is 29.8 Å². The summed E-state index contributed by atoms with van der Waals surface area (Å²) in [5.41, 5.74) is 1.25. The maximum absolute atomic E-state index is 11.9. The van der Waals surface area contributed by atoms with Gasteiger partial charge in [0.25, 0.3) is 5.91 Å². The predicted octanol–water partition coefficient (Wildman–Crippen LogP) is 1.87. The number of carbonyl (C=O) groups is 1. The first-order valence-corrected chi connectivity index (χ1v) is 6.66. The Morgan fingerprint density at radius 1 is 1.42 bits per heavy atom. The molecule has 1 aromatic carbocycles. The highest BCUT2D eigenvalue weighted by Crippen LogP contribution is 2.37. The zero-order valence-corrected chi connectivity index (χ0v) is 12.3. The number of fused-ring (bicyclic) bond motifs is 1. The van der Waals surface area contributed by atoms with Gasteiger partial charge in [-0.25, -0.2) is 0 Å². The van der Waals surface area contributed by atoms with Gasteiger partial charge in [-0.2, -0.15) is 0 Å². The number of amides is 1. The van der Waals surface area contributed by atoms with E-state index in [1.54, 1.807) is 13.1 Å². The minimum atomic E-state index is -0.158. The second-order valence-electron chi connectivity index (χ2n) is 4.08. The summed E-state index contributed by atoms with van der Waals surface area (Å²) in [5, 5.41) is 3.27. The summed E-state index contributed by atoms with van der Waals surface area (Å²) < 4.78 is 11.4. The second-order valence-corrected chi connectivity index (χ2v) is 5.32. The SMILES string of the molecule is CN1C(=O)/C(=C/c2cc3c(cc2Br)OCO3)NC1=S. The highest BCUT2D eigenvalue weighted by Gasteiger charge is 2.27. The zero-order chi connectivity index (χ0) is 13.6. The Morgan fingerprint density at radius 2 is 2.11 bits per heavy atom. The van der Waals surface area contributed by atoms with Gasteiger partial charge in [-0.3, -0.25) is 9.69 Å². The molecule has 0 saturated carbocycles. The van der Waals surface area contributed by atoms with E-state index >= 15 is 0 Å². The summed E-state index contributed by atoms with van der Waals surface area (Å²) in [4.78, 5) is 13.3. The molecular formula is C12H9BrN2O3S. The summed E-state index contributed by atoms with van der Waals surface area (Å²) in [6.07, 6.45) is 1.73. The van der Waals surface area contributed by atoms with Crippen molar-refractivity contribution in [1.82, 2.24) is 10.2 Å². The Kier molecular flexibility index (Phi) is 2.94. The number of halogens is 1. The lowest BCUT2D eigenvalue weighted by Gasteiger charge is -2.03. The van der Waals surface area contributed by atoms with Crippen molar-refractivity contribution in [3.05, 3.63) is 27.9 Å². The molecule has 5 nitrogen and oxygen atoms in total. The lowest BCUT2D eigenvalue weighted by Crippen LogP contribution is -2.25. The molecular weight excluding hydrogens is 332 g/mol. The minimum Gasteiger partial charge on any atom is -0.454 e. The van der Waals surface area contributed by atoms with Gasteiger partial charge in [-0.15, -0.1) is 0 Å². The van der Waals surface area contributed by atoms with E-state index in [1.165, 1.54) is 4.90 Å². The third-order valence-corrected chi connectivity index (χ3v) is 3.94. The molecule has 2 heterocycles. The van der Waals surface area contributed by atoms with Gasteiger partial charge in [0.15, 0.2) is 16.6 Å². The summed E-state index contributed by atoms with van der Waals surface area (Å²) >= 11 is 8.46. The molecule has 2 aliphatic rings. The predicted molar refractivity (Wildman–Crippen MR) is 76.7 cm³/mol. The third kappa shape index (κ3) is 2.08. The van der Waals surface area contributed by atoms with Crippen LogP contribution in [0.15, 0.2) is 22.3 Å². The van der Waals surface area contributed by atoms with Crippen molar-refractivity contribution < 1.29 is 14.3 Å². The van der Waals surface area contributed by atoms with E-state index in [1.807, 2.05) is 12.1 Å². The van der Waals surface area contributed by atoms with Crippen molar-refractivity contribution in [3.63, 3.8) is 0 Å². The number of hydrogen-bond acceptors (Lipinski definition) is 4. The first-order chi connectivity index (χ1) is 9.06. The highest BCUT2D eigenvalue weighted by atomic mass is 79.9. The average Bonchev–Trinajstić information content (AvgIpc) is 2.91. The number of ether oxygens (including phenoxy) is 2. The van der Waals surface area contributed by atoms with Crippen LogP contribution in [0.5, 0.6) is 11.5 Å². The molecule has 0 spiro atoms. The number of thiocarbonyl (C=S) groups is 1. The Morgan fingerprint density at radius 3 is 2.74 bits per heavy atom. The first-order valence-electron chi connectivity index (χ1n) is 5.46. The normalized spacial score (nSPS) is 19.3. The lowest BCUT2D eigenvalue weighted by molar-refractivity contribution is -0.121. The summed E-state index contributed by atoms with van der Waals surface area (Å²) in [5.74, 6) is 1.19. The fourth-order valence-corrected chi connectivity index (χ4v) is 2.45. The molecule has 1 amide bonds. The fraction of sp³-hybridized carbons (Fsp3) is 0.167. The van der Waals surface area contributed by atoms with Crippen molar-refractivity contribution in [2.75, 3.05) is 13.8 Å². The molecule has 7 heteroatoms. The molecule has 98 valence electrons. The number of nitrogens with zero attached hydrogens (tertiary/aromatic N) is 1. The van der Waals surface area contributed by atoms with Crippen molar-refractivity contribution in [3.8, 4) is 11.5 Å². The molecule has 0 atom stereocenters. The van der Waals surface area contributed by atoms with E-state index in [0.717, 1.165) is 10.0 Å². The highest BCUT2D eigenvalue weighted by molar-refractivity contribution is 9.10. The van der Waals surface area contributed by atoms with Crippen LogP contribution in [0.25, 0.3) is 6.08 Å². The standard InChI is InChI=1S/C12H9BrN2O3S/c1-15-11(16)8(14-12(15)19)2-6-3-9-10(4-7(6)13)18-5-17-9/h2-4H,5H2,1H3,(H,14,19)/b8-2-. The molecule has 0 unspecified atom stereocenters. The maximum Gasteiger partial charge on any atom is 0.276 e. The Bertz CT molecular complexity index is 630.